The topological polar surface area (TPSA) is 63.3 Å². The highest BCUT2D eigenvalue weighted by molar-refractivity contribution is 6.34. The summed E-state index contributed by atoms with van der Waals surface area (Å²) in [6.07, 6.45) is 2.39. The molecule has 0 amide bonds. The number of halogens is 1. The first kappa shape index (κ1) is 11.5. The average molecular weight is 266 g/mol. The third kappa shape index (κ3) is 1.77. The molecule has 0 aliphatic heterocycles. The largest absolute Gasteiger partial charge is 0.481 e. The van der Waals surface area contributed by atoms with Crippen LogP contribution in [0.4, 0.5) is 0 Å². The lowest BCUT2D eigenvalue weighted by atomic mass is 9.96. The number of carboxylic acids is 1. The van der Waals surface area contributed by atoms with Crippen molar-refractivity contribution in [2.45, 2.75) is 25.2 Å². The van der Waals surface area contributed by atoms with Crippen molar-refractivity contribution in [2.75, 3.05) is 0 Å². The van der Waals surface area contributed by atoms with E-state index in [0.717, 1.165) is 12.8 Å². The third-order valence-electron chi connectivity index (χ3n) is 3.53. The molecular formula is C13H12ClNO3. The number of aliphatic carboxylic acids is 1. The summed E-state index contributed by atoms with van der Waals surface area (Å²) in [7, 11) is 0. The quantitative estimate of drug-likeness (QED) is 0.903. The summed E-state index contributed by atoms with van der Waals surface area (Å²) in [5.41, 5.74) is 1.23. The van der Waals surface area contributed by atoms with Crippen molar-refractivity contribution < 1.29 is 14.3 Å². The van der Waals surface area contributed by atoms with Gasteiger partial charge >= 0.3 is 5.97 Å². The number of aromatic nitrogens is 1. The van der Waals surface area contributed by atoms with Crippen LogP contribution in [0.5, 0.6) is 0 Å². The zero-order chi connectivity index (χ0) is 12.7. The Hall–Kier alpha value is -1.55. The maximum absolute atomic E-state index is 11.2. The van der Waals surface area contributed by atoms with Crippen LogP contribution in [0.25, 0.3) is 11.1 Å². The SMILES string of the molecule is O=C(O)C1CCCC1c1nc2cccc(Cl)c2o1. The van der Waals surface area contributed by atoms with Crippen LogP contribution >= 0.6 is 11.6 Å². The number of nitrogens with zero attached hydrogens (tertiary/aromatic N) is 1. The first-order valence-corrected chi connectivity index (χ1v) is 6.32. The van der Waals surface area contributed by atoms with Gasteiger partial charge in [-0.25, -0.2) is 4.98 Å². The number of benzene rings is 1. The van der Waals surface area contributed by atoms with Crippen molar-refractivity contribution in [1.82, 2.24) is 4.98 Å². The summed E-state index contributed by atoms with van der Waals surface area (Å²) >= 11 is 6.03. The Kier molecular flexibility index (Phi) is 2.74. The molecule has 0 radical (unpaired) electrons. The Morgan fingerprint density at radius 2 is 2.28 bits per heavy atom. The van der Waals surface area contributed by atoms with Gasteiger partial charge in [-0.1, -0.05) is 24.1 Å². The first-order chi connectivity index (χ1) is 8.66. The van der Waals surface area contributed by atoms with E-state index in [1.54, 1.807) is 12.1 Å². The standard InChI is InChI=1S/C13H12ClNO3/c14-9-5-2-6-10-11(9)18-12(15-10)7-3-1-4-8(7)13(16)17/h2,5-8H,1,3-4H2,(H,16,17). The fraction of sp³-hybridized carbons (Fsp3) is 0.385. The van der Waals surface area contributed by atoms with Crippen LogP contribution in [0.3, 0.4) is 0 Å². The molecule has 2 atom stereocenters. The van der Waals surface area contributed by atoms with E-state index in [1.165, 1.54) is 0 Å². The lowest BCUT2D eigenvalue weighted by Crippen LogP contribution is -2.16. The molecule has 1 aliphatic rings. The van der Waals surface area contributed by atoms with Crippen LogP contribution < -0.4 is 0 Å². The summed E-state index contributed by atoms with van der Waals surface area (Å²) in [6.45, 7) is 0. The third-order valence-corrected chi connectivity index (χ3v) is 3.83. The molecule has 94 valence electrons. The fourth-order valence-electron chi connectivity index (χ4n) is 2.64. The van der Waals surface area contributed by atoms with E-state index in [0.29, 0.717) is 28.4 Å². The number of carbonyl (C=O) groups is 1. The molecule has 1 aliphatic carbocycles. The zero-order valence-electron chi connectivity index (χ0n) is 9.60. The molecule has 1 N–H and O–H groups in total. The highest BCUT2D eigenvalue weighted by Crippen LogP contribution is 2.40. The van der Waals surface area contributed by atoms with Gasteiger partial charge in [-0.2, -0.15) is 0 Å². The van der Waals surface area contributed by atoms with Gasteiger partial charge in [-0.3, -0.25) is 4.79 Å². The molecule has 2 aromatic rings. The summed E-state index contributed by atoms with van der Waals surface area (Å²) in [5.74, 6) is -0.795. The summed E-state index contributed by atoms with van der Waals surface area (Å²) in [5, 5.41) is 9.69. The minimum absolute atomic E-state index is 0.133. The van der Waals surface area contributed by atoms with Crippen molar-refractivity contribution in [2.24, 2.45) is 5.92 Å². The Labute approximate surface area is 109 Å². The zero-order valence-corrected chi connectivity index (χ0v) is 10.4. The van der Waals surface area contributed by atoms with Gasteiger partial charge in [0.15, 0.2) is 11.5 Å². The van der Waals surface area contributed by atoms with E-state index in [9.17, 15) is 9.90 Å². The van der Waals surface area contributed by atoms with Gasteiger partial charge in [0.25, 0.3) is 0 Å². The maximum atomic E-state index is 11.2. The predicted molar refractivity (Wildman–Crippen MR) is 66.7 cm³/mol. The van der Waals surface area contributed by atoms with E-state index in [-0.39, 0.29) is 5.92 Å². The van der Waals surface area contributed by atoms with E-state index in [2.05, 4.69) is 4.98 Å². The van der Waals surface area contributed by atoms with E-state index in [4.69, 9.17) is 16.0 Å². The molecule has 1 aromatic heterocycles. The molecule has 5 heteroatoms. The van der Waals surface area contributed by atoms with Gasteiger partial charge in [0.2, 0.25) is 0 Å². The van der Waals surface area contributed by atoms with Gasteiger partial charge in [-0.15, -0.1) is 0 Å². The number of oxazole rings is 1. The van der Waals surface area contributed by atoms with Gasteiger partial charge in [-0.05, 0) is 25.0 Å². The second-order valence-corrected chi connectivity index (χ2v) is 5.03. The minimum atomic E-state index is -0.772. The van der Waals surface area contributed by atoms with Crippen LogP contribution in [0, 0.1) is 5.92 Å². The minimum Gasteiger partial charge on any atom is -0.481 e. The van der Waals surface area contributed by atoms with Gasteiger partial charge in [0.1, 0.15) is 5.52 Å². The molecule has 0 bridgehead atoms. The van der Waals surface area contributed by atoms with Crippen LogP contribution in [0.15, 0.2) is 22.6 Å². The molecule has 1 fully saturated rings. The number of fused-ring (bicyclic) bond motifs is 1. The van der Waals surface area contributed by atoms with Crippen molar-refractivity contribution in [3.8, 4) is 0 Å². The van der Waals surface area contributed by atoms with Crippen molar-refractivity contribution in [3.05, 3.63) is 29.1 Å². The number of para-hydroxylation sites is 1. The number of hydrogen-bond donors (Lipinski definition) is 1. The highest BCUT2D eigenvalue weighted by atomic mass is 35.5. The molecule has 2 unspecified atom stereocenters. The Bertz CT molecular complexity index is 607. The molecule has 0 spiro atoms. The Morgan fingerprint density at radius 1 is 1.44 bits per heavy atom. The number of carboxylic acid groups (broad SMARTS) is 1. The second kappa shape index (κ2) is 4.28. The Balaban J connectivity index is 2.04. The predicted octanol–water partition coefficient (Wildman–Crippen LogP) is 3.45. The molecular weight excluding hydrogens is 254 g/mol. The summed E-state index contributed by atoms with van der Waals surface area (Å²) in [6, 6.07) is 5.36. The van der Waals surface area contributed by atoms with Crippen molar-refractivity contribution in [3.63, 3.8) is 0 Å². The summed E-state index contributed by atoms with van der Waals surface area (Å²) < 4.78 is 5.66. The molecule has 1 saturated carbocycles. The van der Waals surface area contributed by atoms with E-state index >= 15 is 0 Å². The van der Waals surface area contributed by atoms with Crippen molar-refractivity contribution in [1.29, 1.82) is 0 Å². The normalized spacial score (nSPS) is 23.6. The lowest BCUT2D eigenvalue weighted by molar-refractivity contribution is -0.142. The number of rotatable bonds is 2. The second-order valence-electron chi connectivity index (χ2n) is 4.62. The van der Waals surface area contributed by atoms with Gasteiger partial charge < -0.3 is 9.52 Å². The van der Waals surface area contributed by atoms with Gasteiger partial charge in [0.05, 0.1) is 10.9 Å². The van der Waals surface area contributed by atoms with E-state index in [1.807, 2.05) is 6.07 Å². The molecule has 3 rings (SSSR count). The first-order valence-electron chi connectivity index (χ1n) is 5.94. The molecule has 1 aromatic carbocycles. The summed E-state index contributed by atoms with van der Waals surface area (Å²) in [4.78, 5) is 15.5. The van der Waals surface area contributed by atoms with Gasteiger partial charge in [0, 0.05) is 5.92 Å². The van der Waals surface area contributed by atoms with Crippen LogP contribution in [-0.4, -0.2) is 16.1 Å². The van der Waals surface area contributed by atoms with Crippen LogP contribution in [0.2, 0.25) is 5.02 Å². The smallest absolute Gasteiger partial charge is 0.307 e. The van der Waals surface area contributed by atoms with Crippen LogP contribution in [0.1, 0.15) is 31.1 Å². The lowest BCUT2D eigenvalue weighted by Gasteiger charge is -2.10. The molecule has 4 nitrogen and oxygen atoms in total. The fourth-order valence-corrected chi connectivity index (χ4v) is 2.85. The molecule has 18 heavy (non-hydrogen) atoms. The van der Waals surface area contributed by atoms with E-state index < -0.39 is 11.9 Å². The monoisotopic (exact) mass is 265 g/mol. The highest BCUT2D eigenvalue weighted by Gasteiger charge is 2.37. The average Bonchev–Trinajstić information content (AvgIpc) is 2.95. The molecule has 0 saturated heterocycles. The Morgan fingerprint density at radius 3 is 3.00 bits per heavy atom. The maximum Gasteiger partial charge on any atom is 0.307 e. The number of hydrogen-bond acceptors (Lipinski definition) is 3. The van der Waals surface area contributed by atoms with Crippen LogP contribution in [-0.2, 0) is 4.79 Å². The molecule has 1 heterocycles. The van der Waals surface area contributed by atoms with Crippen molar-refractivity contribution >= 4 is 28.7 Å².